The summed E-state index contributed by atoms with van der Waals surface area (Å²) in [4.78, 5) is 4.69. The Morgan fingerprint density at radius 3 is 2.76 bits per heavy atom. The third-order valence-corrected chi connectivity index (χ3v) is 4.54. The van der Waals surface area contributed by atoms with Crippen LogP contribution in [0.15, 0.2) is 29.6 Å². The molecule has 0 aliphatic carbocycles. The molecule has 0 aliphatic rings. The van der Waals surface area contributed by atoms with Gasteiger partial charge in [0, 0.05) is 17.3 Å². The number of methoxy groups -OCH3 is 1. The Bertz CT molecular complexity index is 572. The van der Waals surface area contributed by atoms with E-state index >= 15 is 0 Å². The van der Waals surface area contributed by atoms with Crippen molar-refractivity contribution in [1.29, 1.82) is 0 Å². The second kappa shape index (κ2) is 7.05. The van der Waals surface area contributed by atoms with Gasteiger partial charge in [0.1, 0.15) is 5.75 Å². The van der Waals surface area contributed by atoms with Crippen LogP contribution in [0.2, 0.25) is 0 Å². The van der Waals surface area contributed by atoms with Crippen molar-refractivity contribution in [1.82, 2.24) is 10.3 Å². The number of rotatable bonds is 6. The maximum absolute atomic E-state index is 5.24. The number of aromatic nitrogens is 1. The molecule has 1 heterocycles. The maximum Gasteiger partial charge on any atom is 0.119 e. The van der Waals surface area contributed by atoms with E-state index in [4.69, 9.17) is 4.74 Å². The quantitative estimate of drug-likeness (QED) is 0.825. The van der Waals surface area contributed by atoms with E-state index in [-0.39, 0.29) is 5.41 Å². The van der Waals surface area contributed by atoms with Crippen LogP contribution >= 0.6 is 11.3 Å². The van der Waals surface area contributed by atoms with Gasteiger partial charge in [-0.25, -0.2) is 4.98 Å². The van der Waals surface area contributed by atoms with Gasteiger partial charge in [0.2, 0.25) is 0 Å². The highest BCUT2D eigenvalue weighted by atomic mass is 32.1. The largest absolute Gasteiger partial charge is 0.497 e. The van der Waals surface area contributed by atoms with E-state index in [1.54, 1.807) is 18.4 Å². The number of benzene rings is 1. The van der Waals surface area contributed by atoms with Gasteiger partial charge >= 0.3 is 0 Å². The second-order valence-electron chi connectivity index (χ2n) is 6.17. The molecular weight excluding hydrogens is 280 g/mol. The van der Waals surface area contributed by atoms with E-state index in [1.165, 1.54) is 10.6 Å². The third kappa shape index (κ3) is 4.83. The summed E-state index contributed by atoms with van der Waals surface area (Å²) in [7, 11) is 1.70. The fourth-order valence-electron chi connectivity index (χ4n) is 2.01. The molecule has 2 rings (SSSR count). The number of ether oxygens (including phenoxy) is 1. The zero-order valence-corrected chi connectivity index (χ0v) is 14.1. The molecule has 0 unspecified atom stereocenters. The molecule has 0 atom stereocenters. The number of nitrogens with one attached hydrogen (secondary N) is 1. The molecule has 0 bridgehead atoms. The van der Waals surface area contributed by atoms with Crippen molar-refractivity contribution in [3.8, 4) is 5.75 Å². The lowest BCUT2D eigenvalue weighted by molar-refractivity contribution is 0.414. The van der Waals surface area contributed by atoms with E-state index in [2.05, 4.69) is 48.6 Å². The van der Waals surface area contributed by atoms with Crippen molar-refractivity contribution >= 4 is 11.3 Å². The standard InChI is InChI=1S/C17H24N2OS/c1-17(2,3)16-19-14(12-21-16)11-18-9-8-13-6-5-7-15(10-13)20-4/h5-7,10,12,18H,8-9,11H2,1-4H3. The lowest BCUT2D eigenvalue weighted by Crippen LogP contribution is -2.17. The minimum atomic E-state index is 0.142. The van der Waals surface area contributed by atoms with Crippen molar-refractivity contribution < 1.29 is 4.74 Å². The van der Waals surface area contributed by atoms with Gasteiger partial charge in [-0.3, -0.25) is 0 Å². The lowest BCUT2D eigenvalue weighted by atomic mass is 9.98. The van der Waals surface area contributed by atoms with Crippen LogP contribution in [0, 0.1) is 0 Å². The normalized spacial score (nSPS) is 11.6. The maximum atomic E-state index is 5.24. The number of hydrogen-bond donors (Lipinski definition) is 1. The first-order chi connectivity index (χ1) is 9.99. The Kier molecular flexibility index (Phi) is 5.37. The molecule has 0 amide bonds. The van der Waals surface area contributed by atoms with Crippen molar-refractivity contribution in [2.75, 3.05) is 13.7 Å². The fourth-order valence-corrected chi connectivity index (χ4v) is 2.92. The summed E-state index contributed by atoms with van der Waals surface area (Å²) in [6.45, 7) is 8.37. The van der Waals surface area contributed by atoms with Crippen molar-refractivity contribution in [2.45, 2.75) is 39.2 Å². The van der Waals surface area contributed by atoms with Crippen molar-refractivity contribution in [3.63, 3.8) is 0 Å². The Hall–Kier alpha value is -1.39. The molecule has 0 saturated carbocycles. The summed E-state index contributed by atoms with van der Waals surface area (Å²) < 4.78 is 5.24. The molecule has 21 heavy (non-hydrogen) atoms. The smallest absolute Gasteiger partial charge is 0.119 e. The summed E-state index contributed by atoms with van der Waals surface area (Å²) in [6, 6.07) is 8.22. The molecule has 1 aromatic carbocycles. The zero-order valence-electron chi connectivity index (χ0n) is 13.3. The monoisotopic (exact) mass is 304 g/mol. The van der Waals surface area contributed by atoms with Crippen molar-refractivity contribution in [2.24, 2.45) is 0 Å². The van der Waals surface area contributed by atoms with E-state index in [0.29, 0.717) is 0 Å². The second-order valence-corrected chi connectivity index (χ2v) is 7.03. The van der Waals surface area contributed by atoms with Crippen LogP contribution in [0.1, 0.15) is 37.0 Å². The summed E-state index contributed by atoms with van der Waals surface area (Å²) >= 11 is 1.75. The van der Waals surface area contributed by atoms with Crippen molar-refractivity contribution in [3.05, 3.63) is 45.9 Å². The van der Waals surface area contributed by atoms with Gasteiger partial charge < -0.3 is 10.1 Å². The van der Waals surface area contributed by atoms with Gasteiger partial charge in [-0.15, -0.1) is 11.3 Å². The van der Waals surface area contributed by atoms with Gasteiger partial charge in [-0.05, 0) is 30.7 Å². The van der Waals surface area contributed by atoms with Crippen LogP contribution in [0.4, 0.5) is 0 Å². The molecule has 0 radical (unpaired) electrons. The first-order valence-corrected chi connectivity index (χ1v) is 8.15. The molecule has 1 N–H and O–H groups in total. The van der Waals surface area contributed by atoms with Crippen LogP contribution in [0.5, 0.6) is 5.75 Å². The SMILES string of the molecule is COc1cccc(CCNCc2csc(C(C)(C)C)n2)c1. The van der Waals surface area contributed by atoms with Crippen LogP contribution < -0.4 is 10.1 Å². The highest BCUT2D eigenvalue weighted by Crippen LogP contribution is 2.25. The first-order valence-electron chi connectivity index (χ1n) is 7.27. The Balaban J connectivity index is 1.78. The zero-order chi connectivity index (χ0) is 15.3. The van der Waals surface area contributed by atoms with Gasteiger partial charge in [0.15, 0.2) is 0 Å². The topological polar surface area (TPSA) is 34.1 Å². The van der Waals surface area contributed by atoms with Crippen LogP contribution in [0.25, 0.3) is 0 Å². The number of thiazole rings is 1. The summed E-state index contributed by atoms with van der Waals surface area (Å²) in [5, 5.41) is 6.81. The predicted molar refractivity (Wildman–Crippen MR) is 89.2 cm³/mol. The van der Waals surface area contributed by atoms with Gasteiger partial charge in [0.05, 0.1) is 17.8 Å². The number of nitrogens with zero attached hydrogens (tertiary/aromatic N) is 1. The highest BCUT2D eigenvalue weighted by Gasteiger charge is 2.17. The highest BCUT2D eigenvalue weighted by molar-refractivity contribution is 7.09. The molecule has 2 aromatic rings. The average molecular weight is 304 g/mol. The van der Waals surface area contributed by atoms with E-state index in [1.807, 2.05) is 12.1 Å². The van der Waals surface area contributed by atoms with Crippen LogP contribution in [0.3, 0.4) is 0 Å². The van der Waals surface area contributed by atoms with Crippen LogP contribution in [-0.2, 0) is 18.4 Å². The van der Waals surface area contributed by atoms with E-state index < -0.39 is 0 Å². The predicted octanol–water partition coefficient (Wildman–Crippen LogP) is 3.78. The molecule has 3 nitrogen and oxygen atoms in total. The molecule has 0 fully saturated rings. The lowest BCUT2D eigenvalue weighted by Gasteiger charge is -2.13. The summed E-state index contributed by atoms with van der Waals surface area (Å²) in [5.41, 5.74) is 2.56. The minimum absolute atomic E-state index is 0.142. The fraction of sp³-hybridized carbons (Fsp3) is 0.471. The van der Waals surface area contributed by atoms with Gasteiger partial charge in [0.25, 0.3) is 0 Å². The van der Waals surface area contributed by atoms with Crippen LogP contribution in [-0.4, -0.2) is 18.6 Å². The van der Waals surface area contributed by atoms with E-state index in [9.17, 15) is 0 Å². The molecule has 0 aliphatic heterocycles. The molecular formula is C17H24N2OS. The average Bonchev–Trinajstić information content (AvgIpc) is 2.93. The molecule has 4 heteroatoms. The summed E-state index contributed by atoms with van der Waals surface area (Å²) in [6.07, 6.45) is 0.994. The third-order valence-electron chi connectivity index (χ3n) is 3.22. The number of hydrogen-bond acceptors (Lipinski definition) is 4. The molecule has 1 aromatic heterocycles. The summed E-state index contributed by atoms with van der Waals surface area (Å²) in [5.74, 6) is 0.918. The Morgan fingerprint density at radius 2 is 2.10 bits per heavy atom. The van der Waals surface area contributed by atoms with Gasteiger partial charge in [-0.1, -0.05) is 32.9 Å². The Morgan fingerprint density at radius 1 is 1.29 bits per heavy atom. The molecule has 0 saturated heterocycles. The van der Waals surface area contributed by atoms with E-state index in [0.717, 1.165) is 31.0 Å². The Labute approximate surface area is 131 Å². The minimum Gasteiger partial charge on any atom is -0.497 e. The molecule has 0 spiro atoms. The first kappa shape index (κ1) is 16.0. The van der Waals surface area contributed by atoms with Gasteiger partial charge in [-0.2, -0.15) is 0 Å². The molecule has 114 valence electrons.